The molecular formula is C13H12BrFN2O2. The van der Waals surface area contributed by atoms with E-state index in [1.807, 2.05) is 0 Å². The van der Waals surface area contributed by atoms with Gasteiger partial charge in [0.2, 0.25) is 0 Å². The number of methoxy groups -OCH3 is 1. The van der Waals surface area contributed by atoms with Crippen molar-refractivity contribution in [2.45, 2.75) is 5.54 Å². The molecule has 100 valence electrons. The summed E-state index contributed by atoms with van der Waals surface area (Å²) in [4.78, 5) is 16.0. The molecule has 0 fully saturated rings. The van der Waals surface area contributed by atoms with Gasteiger partial charge in [0.15, 0.2) is 5.54 Å². The van der Waals surface area contributed by atoms with Crippen LogP contribution in [0.3, 0.4) is 0 Å². The van der Waals surface area contributed by atoms with Crippen LogP contribution in [0.15, 0.2) is 39.8 Å². The summed E-state index contributed by atoms with van der Waals surface area (Å²) in [6, 6.07) is 4.56. The smallest absolute Gasteiger partial charge is 0.337 e. The lowest BCUT2D eigenvalue weighted by atomic mass is 9.97. The molecule has 0 aromatic heterocycles. The zero-order valence-corrected chi connectivity index (χ0v) is 11.8. The summed E-state index contributed by atoms with van der Waals surface area (Å²) in [6.45, 7) is 0.158. The molecule has 0 spiro atoms. The van der Waals surface area contributed by atoms with E-state index in [2.05, 4.69) is 26.2 Å². The van der Waals surface area contributed by atoms with Crippen molar-refractivity contribution in [1.29, 1.82) is 0 Å². The second-order valence-electron chi connectivity index (χ2n) is 4.06. The molecule has 0 bridgehead atoms. The molecule has 2 rings (SSSR count). The molecule has 1 aliphatic rings. The molecule has 0 saturated carbocycles. The van der Waals surface area contributed by atoms with E-state index in [-0.39, 0.29) is 12.2 Å². The first-order chi connectivity index (χ1) is 9.07. The number of nitrogens with zero attached hydrogens (tertiary/aromatic N) is 1. The number of hydrogen-bond donors (Lipinski definition) is 1. The van der Waals surface area contributed by atoms with Crippen LogP contribution in [-0.2, 0) is 9.53 Å². The minimum absolute atomic E-state index is 0.158. The van der Waals surface area contributed by atoms with Crippen LogP contribution >= 0.6 is 15.9 Å². The third-order valence-electron chi connectivity index (χ3n) is 2.75. The number of halogens is 2. The number of anilines is 1. The molecular weight excluding hydrogens is 315 g/mol. The van der Waals surface area contributed by atoms with Crippen molar-refractivity contribution in [2.24, 2.45) is 4.99 Å². The third-order valence-corrected chi connectivity index (χ3v) is 3.24. The Labute approximate surface area is 118 Å². The number of ether oxygens (including phenoxy) is 1. The largest absolute Gasteiger partial charge is 0.467 e. The van der Waals surface area contributed by atoms with Crippen LogP contribution in [0, 0.1) is 5.82 Å². The number of carbonyl (C=O) groups excluding carboxylic acids is 1. The number of hydrogen-bond acceptors (Lipinski definition) is 4. The van der Waals surface area contributed by atoms with Gasteiger partial charge in [0, 0.05) is 10.7 Å². The van der Waals surface area contributed by atoms with Gasteiger partial charge in [-0.3, -0.25) is 4.99 Å². The molecule has 4 nitrogen and oxygen atoms in total. The minimum atomic E-state index is -1.17. The van der Waals surface area contributed by atoms with Gasteiger partial charge in [0.1, 0.15) is 5.82 Å². The predicted molar refractivity (Wildman–Crippen MR) is 75.0 cm³/mol. The highest BCUT2D eigenvalue weighted by Crippen LogP contribution is 2.25. The van der Waals surface area contributed by atoms with Crippen LogP contribution in [0.25, 0.3) is 0 Å². The third kappa shape index (κ3) is 2.84. The molecule has 1 unspecified atom stereocenters. The van der Waals surface area contributed by atoms with Crippen LogP contribution in [0.4, 0.5) is 10.1 Å². The van der Waals surface area contributed by atoms with Gasteiger partial charge in [0.05, 0.1) is 19.3 Å². The Morgan fingerprint density at radius 3 is 2.95 bits per heavy atom. The highest BCUT2D eigenvalue weighted by molar-refractivity contribution is 9.10. The summed E-state index contributed by atoms with van der Waals surface area (Å²) in [6.07, 6.45) is 4.83. The molecule has 6 heteroatoms. The van der Waals surface area contributed by atoms with Crippen molar-refractivity contribution in [3.05, 3.63) is 40.6 Å². The normalized spacial score (nSPS) is 21.2. The van der Waals surface area contributed by atoms with E-state index < -0.39 is 17.3 Å². The van der Waals surface area contributed by atoms with Crippen molar-refractivity contribution in [1.82, 2.24) is 0 Å². The fourth-order valence-corrected chi connectivity index (χ4v) is 2.13. The Balaban J connectivity index is 2.33. The second kappa shape index (κ2) is 5.52. The first kappa shape index (κ1) is 13.7. The number of rotatable bonds is 3. The predicted octanol–water partition coefficient (Wildman–Crippen LogP) is 2.55. The molecule has 1 heterocycles. The van der Waals surface area contributed by atoms with E-state index in [4.69, 9.17) is 4.74 Å². The second-order valence-corrected chi connectivity index (χ2v) is 4.98. The number of esters is 1. The van der Waals surface area contributed by atoms with Gasteiger partial charge < -0.3 is 10.1 Å². The van der Waals surface area contributed by atoms with E-state index in [9.17, 15) is 9.18 Å². The van der Waals surface area contributed by atoms with Gasteiger partial charge in [0.25, 0.3) is 0 Å². The summed E-state index contributed by atoms with van der Waals surface area (Å²) in [5.41, 5.74) is -0.951. The summed E-state index contributed by atoms with van der Waals surface area (Å²) < 4.78 is 19.2. The molecule has 1 N–H and O–H groups in total. The molecule has 1 aromatic rings. The lowest BCUT2D eigenvalue weighted by Crippen LogP contribution is -2.49. The van der Waals surface area contributed by atoms with Crippen LogP contribution in [0.1, 0.15) is 0 Å². The number of carbonyl (C=O) groups is 1. The number of dihydropyridines is 1. The topological polar surface area (TPSA) is 50.7 Å². The number of nitrogens with one attached hydrogen (secondary N) is 1. The summed E-state index contributed by atoms with van der Waals surface area (Å²) in [5.74, 6) is -0.969. The Bertz CT molecular complexity index is 560. The SMILES string of the molecule is COC(=O)C1(Nc2ccc(Br)cc2F)C=CC=NC1. The quantitative estimate of drug-likeness (QED) is 0.868. The van der Waals surface area contributed by atoms with E-state index in [1.165, 1.54) is 13.2 Å². The highest BCUT2D eigenvalue weighted by Gasteiger charge is 2.38. The maximum absolute atomic E-state index is 13.8. The molecule has 0 amide bonds. The van der Waals surface area contributed by atoms with Gasteiger partial charge in [-0.2, -0.15) is 0 Å². The summed E-state index contributed by atoms with van der Waals surface area (Å²) in [5, 5.41) is 2.87. The zero-order valence-electron chi connectivity index (χ0n) is 10.2. The van der Waals surface area contributed by atoms with Gasteiger partial charge >= 0.3 is 5.97 Å². The molecule has 1 atom stereocenters. The van der Waals surface area contributed by atoms with Crippen molar-refractivity contribution >= 4 is 33.8 Å². The molecule has 0 radical (unpaired) electrons. The average Bonchev–Trinajstić information content (AvgIpc) is 2.42. The van der Waals surface area contributed by atoms with E-state index >= 15 is 0 Å². The van der Waals surface area contributed by atoms with E-state index in [1.54, 1.807) is 30.5 Å². The molecule has 1 aliphatic heterocycles. The van der Waals surface area contributed by atoms with Crippen molar-refractivity contribution in [3.8, 4) is 0 Å². The molecule has 0 saturated heterocycles. The first-order valence-corrected chi connectivity index (χ1v) is 6.36. The van der Waals surface area contributed by atoms with Crippen LogP contribution in [-0.4, -0.2) is 31.4 Å². The van der Waals surface area contributed by atoms with Crippen molar-refractivity contribution in [2.75, 3.05) is 19.0 Å². The monoisotopic (exact) mass is 326 g/mol. The fourth-order valence-electron chi connectivity index (χ4n) is 1.80. The highest BCUT2D eigenvalue weighted by atomic mass is 79.9. The lowest BCUT2D eigenvalue weighted by molar-refractivity contribution is -0.143. The Kier molecular flexibility index (Phi) is 3.99. The molecule has 1 aromatic carbocycles. The van der Waals surface area contributed by atoms with Crippen LogP contribution in [0.5, 0.6) is 0 Å². The zero-order chi connectivity index (χ0) is 13.9. The van der Waals surface area contributed by atoms with E-state index in [0.29, 0.717) is 4.47 Å². The van der Waals surface area contributed by atoms with Crippen LogP contribution < -0.4 is 5.32 Å². The number of aliphatic imine (C=N–C) groups is 1. The average molecular weight is 327 g/mol. The number of allylic oxidation sites excluding steroid dienone is 1. The molecule has 0 aliphatic carbocycles. The Morgan fingerprint density at radius 2 is 2.37 bits per heavy atom. The van der Waals surface area contributed by atoms with Gasteiger partial charge in [-0.25, -0.2) is 9.18 Å². The van der Waals surface area contributed by atoms with Gasteiger partial charge in [-0.15, -0.1) is 0 Å². The number of benzene rings is 1. The Morgan fingerprint density at radius 1 is 1.58 bits per heavy atom. The lowest BCUT2D eigenvalue weighted by Gasteiger charge is -2.29. The van der Waals surface area contributed by atoms with Crippen molar-refractivity contribution in [3.63, 3.8) is 0 Å². The van der Waals surface area contributed by atoms with E-state index in [0.717, 1.165) is 0 Å². The molecule has 19 heavy (non-hydrogen) atoms. The standard InChI is InChI=1S/C13H12BrFN2O2/c1-19-12(18)13(5-2-6-16-8-13)17-11-4-3-9(14)7-10(11)15/h2-7,17H,8H2,1H3. The van der Waals surface area contributed by atoms with Crippen molar-refractivity contribution < 1.29 is 13.9 Å². The summed E-state index contributed by atoms with van der Waals surface area (Å²) >= 11 is 3.18. The fraction of sp³-hybridized carbons (Fsp3) is 0.231. The Hall–Kier alpha value is -1.69. The first-order valence-electron chi connectivity index (χ1n) is 5.57. The maximum Gasteiger partial charge on any atom is 0.337 e. The summed E-state index contributed by atoms with van der Waals surface area (Å²) in [7, 11) is 1.29. The van der Waals surface area contributed by atoms with Crippen LogP contribution in [0.2, 0.25) is 0 Å². The van der Waals surface area contributed by atoms with Gasteiger partial charge in [-0.05, 0) is 30.4 Å². The van der Waals surface area contributed by atoms with Gasteiger partial charge in [-0.1, -0.05) is 15.9 Å². The minimum Gasteiger partial charge on any atom is -0.467 e. The maximum atomic E-state index is 13.8.